The molecule has 38 heavy (non-hydrogen) atoms. The molecule has 0 spiro atoms. The van der Waals surface area contributed by atoms with Crippen molar-refractivity contribution in [3.05, 3.63) is 106 Å². The van der Waals surface area contributed by atoms with Crippen LogP contribution in [0, 0.1) is 5.82 Å². The molecule has 3 atom stereocenters. The highest BCUT2D eigenvalue weighted by Crippen LogP contribution is 2.34. The van der Waals surface area contributed by atoms with E-state index in [2.05, 4.69) is 31.7 Å². The van der Waals surface area contributed by atoms with Gasteiger partial charge in [-0.3, -0.25) is 24.8 Å². The van der Waals surface area contributed by atoms with E-state index in [-0.39, 0.29) is 18.1 Å². The number of halogens is 2. The molecule has 6 rings (SSSR count). The van der Waals surface area contributed by atoms with E-state index in [1.165, 1.54) is 28.2 Å². The lowest BCUT2D eigenvalue weighted by molar-refractivity contribution is -0.136. The summed E-state index contributed by atoms with van der Waals surface area (Å²) in [7, 11) is 0. The van der Waals surface area contributed by atoms with E-state index >= 15 is 0 Å². The van der Waals surface area contributed by atoms with E-state index in [1.54, 1.807) is 0 Å². The van der Waals surface area contributed by atoms with Crippen molar-refractivity contribution in [2.24, 2.45) is 10.3 Å². The molecule has 1 N–H and O–H groups in total. The van der Waals surface area contributed by atoms with Gasteiger partial charge in [-0.1, -0.05) is 69.7 Å². The van der Waals surface area contributed by atoms with Crippen LogP contribution in [-0.2, 0) is 14.4 Å². The summed E-state index contributed by atoms with van der Waals surface area (Å²) in [5.74, 6) is -2.16. The van der Waals surface area contributed by atoms with Gasteiger partial charge in [0.15, 0.2) is 12.1 Å². The molecule has 3 aromatic carbocycles. The third-order valence-corrected chi connectivity index (χ3v) is 7.16. The summed E-state index contributed by atoms with van der Waals surface area (Å²) in [6, 6.07) is 19.9. The van der Waals surface area contributed by atoms with Crippen LogP contribution in [0.2, 0.25) is 0 Å². The minimum atomic E-state index is -1.09. The number of amides is 3. The van der Waals surface area contributed by atoms with Crippen LogP contribution in [0.3, 0.4) is 0 Å². The summed E-state index contributed by atoms with van der Waals surface area (Å²) in [4.78, 5) is 40.7. The van der Waals surface area contributed by atoms with Gasteiger partial charge in [-0.25, -0.2) is 14.3 Å². The van der Waals surface area contributed by atoms with Crippen molar-refractivity contribution in [1.82, 2.24) is 15.4 Å². The second kappa shape index (κ2) is 9.49. The van der Waals surface area contributed by atoms with Crippen LogP contribution < -0.4 is 10.3 Å². The van der Waals surface area contributed by atoms with Gasteiger partial charge in [0.1, 0.15) is 12.4 Å². The molecule has 0 saturated carbocycles. The molecule has 3 aliphatic rings. The number of hydrogen-bond donors (Lipinski definition) is 1. The second-order valence-corrected chi connectivity index (χ2v) is 9.92. The minimum absolute atomic E-state index is 0.115. The summed E-state index contributed by atoms with van der Waals surface area (Å²) < 4.78 is 14.7. The lowest BCUT2D eigenvalue weighted by Gasteiger charge is -2.28. The third-order valence-electron chi connectivity index (χ3n) is 6.63. The van der Waals surface area contributed by atoms with Gasteiger partial charge in [-0.15, -0.1) is 0 Å². The van der Waals surface area contributed by atoms with Crippen molar-refractivity contribution in [1.29, 1.82) is 0 Å². The Labute approximate surface area is 225 Å². The lowest BCUT2D eigenvalue weighted by atomic mass is 10.0. The van der Waals surface area contributed by atoms with Crippen LogP contribution in [0.5, 0.6) is 0 Å². The first-order valence-corrected chi connectivity index (χ1v) is 12.6. The van der Waals surface area contributed by atoms with E-state index in [1.807, 2.05) is 60.7 Å². The minimum Gasteiger partial charge on any atom is -0.295 e. The van der Waals surface area contributed by atoms with Gasteiger partial charge in [-0.2, -0.15) is 5.11 Å². The fourth-order valence-electron chi connectivity index (χ4n) is 4.81. The highest BCUT2D eigenvalue weighted by Gasteiger charge is 2.55. The number of nitrogens with zero attached hydrogens (tertiary/aromatic N) is 5. The molecule has 190 valence electrons. The first-order chi connectivity index (χ1) is 18.4. The third kappa shape index (κ3) is 4.14. The summed E-state index contributed by atoms with van der Waals surface area (Å²) in [5, 5.41) is 10.7. The van der Waals surface area contributed by atoms with Crippen molar-refractivity contribution < 1.29 is 18.8 Å². The van der Waals surface area contributed by atoms with Crippen molar-refractivity contribution in [3.8, 4) is 0 Å². The first-order valence-electron chi connectivity index (χ1n) is 11.8. The number of anilines is 1. The molecule has 3 aromatic rings. The van der Waals surface area contributed by atoms with Gasteiger partial charge in [0.25, 0.3) is 17.7 Å². The zero-order chi connectivity index (χ0) is 26.4. The van der Waals surface area contributed by atoms with Crippen LogP contribution in [-0.4, -0.2) is 46.4 Å². The zero-order valence-corrected chi connectivity index (χ0v) is 21.3. The average molecular weight is 575 g/mol. The summed E-state index contributed by atoms with van der Waals surface area (Å²) >= 11 is 3.44. The van der Waals surface area contributed by atoms with E-state index in [0.717, 1.165) is 32.3 Å². The summed E-state index contributed by atoms with van der Waals surface area (Å²) in [6.45, 7) is -0.293. The molecule has 0 radical (unpaired) electrons. The van der Waals surface area contributed by atoms with Crippen LogP contribution in [0.1, 0.15) is 17.2 Å². The molecule has 3 aliphatic heterocycles. The van der Waals surface area contributed by atoms with E-state index in [4.69, 9.17) is 0 Å². The quantitative estimate of drug-likeness (QED) is 0.464. The number of nitrogens with one attached hydrogen (secondary N) is 1. The van der Waals surface area contributed by atoms with Gasteiger partial charge in [0.2, 0.25) is 0 Å². The van der Waals surface area contributed by atoms with E-state index in [0.29, 0.717) is 0 Å². The molecular formula is C27H20BrFN6O3. The second-order valence-electron chi connectivity index (χ2n) is 9.00. The standard InChI is InChI=1S/C27H20BrFN6O3/c28-18-11-9-16(10-12-18)21-14-22(17-5-2-1-3-6-17)35(31-21)23(36)15-33-25-24(30-32-33)26(37)34(27(25)38)20-8-4-7-19(29)13-20/h1-14,22,24-25,31H,15H2. The molecule has 11 heteroatoms. The molecule has 9 nitrogen and oxygen atoms in total. The number of benzene rings is 3. The summed E-state index contributed by atoms with van der Waals surface area (Å²) in [6.07, 6.45) is 1.96. The number of carbonyl (C=O) groups is 3. The predicted molar refractivity (Wildman–Crippen MR) is 139 cm³/mol. The Hall–Kier alpha value is -4.38. The van der Waals surface area contributed by atoms with Crippen molar-refractivity contribution in [2.75, 3.05) is 11.4 Å². The average Bonchev–Trinajstić information content (AvgIpc) is 3.60. The number of fused-ring (bicyclic) bond motifs is 1. The number of rotatable bonds is 5. The molecule has 3 amide bonds. The molecule has 3 heterocycles. The van der Waals surface area contributed by atoms with Gasteiger partial charge in [0.05, 0.1) is 17.4 Å². The van der Waals surface area contributed by atoms with Gasteiger partial charge in [0, 0.05) is 4.47 Å². The van der Waals surface area contributed by atoms with Crippen LogP contribution >= 0.6 is 15.9 Å². The van der Waals surface area contributed by atoms with Crippen molar-refractivity contribution >= 4 is 45.0 Å². The fraction of sp³-hybridized carbons (Fsp3) is 0.148. The molecule has 0 bridgehead atoms. The highest BCUT2D eigenvalue weighted by molar-refractivity contribution is 9.10. The predicted octanol–water partition coefficient (Wildman–Crippen LogP) is 4.01. The molecule has 1 saturated heterocycles. The van der Waals surface area contributed by atoms with E-state index in [9.17, 15) is 18.8 Å². The molecule has 1 fully saturated rings. The number of imide groups is 1. The van der Waals surface area contributed by atoms with Crippen LogP contribution in [0.4, 0.5) is 10.1 Å². The smallest absolute Gasteiger partial charge is 0.263 e. The van der Waals surface area contributed by atoms with Crippen molar-refractivity contribution in [3.63, 3.8) is 0 Å². The number of carbonyl (C=O) groups excluding carboxylic acids is 3. The SMILES string of the molecule is O=C1C2N=NN(CC(=O)N3NC(c4ccc(Br)cc4)=CC3c3ccccc3)C2C(=O)N1c1cccc(F)c1. The maximum atomic E-state index is 13.8. The fourth-order valence-corrected chi connectivity index (χ4v) is 5.07. The number of hydrazine groups is 1. The lowest BCUT2D eigenvalue weighted by Crippen LogP contribution is -2.48. The Morgan fingerprint density at radius 2 is 1.74 bits per heavy atom. The Bertz CT molecular complexity index is 1500. The van der Waals surface area contributed by atoms with Gasteiger partial charge < -0.3 is 0 Å². The van der Waals surface area contributed by atoms with Crippen LogP contribution in [0.25, 0.3) is 5.70 Å². The topological polar surface area (TPSA) is 97.7 Å². The summed E-state index contributed by atoms with van der Waals surface area (Å²) in [5.41, 5.74) is 5.86. The molecule has 0 aromatic heterocycles. The van der Waals surface area contributed by atoms with Crippen LogP contribution in [0.15, 0.2) is 99.7 Å². The van der Waals surface area contributed by atoms with Crippen molar-refractivity contribution in [2.45, 2.75) is 18.1 Å². The van der Waals surface area contributed by atoms with Gasteiger partial charge >= 0.3 is 0 Å². The van der Waals surface area contributed by atoms with E-state index < -0.39 is 35.8 Å². The monoisotopic (exact) mass is 574 g/mol. The maximum Gasteiger partial charge on any atom is 0.263 e. The highest BCUT2D eigenvalue weighted by atomic mass is 79.9. The first kappa shape index (κ1) is 24.0. The Balaban J connectivity index is 1.24. The zero-order valence-electron chi connectivity index (χ0n) is 19.7. The Morgan fingerprint density at radius 1 is 0.974 bits per heavy atom. The Morgan fingerprint density at radius 3 is 2.47 bits per heavy atom. The maximum absolute atomic E-state index is 13.8. The molecule has 3 unspecified atom stereocenters. The molecule has 0 aliphatic carbocycles. The largest absolute Gasteiger partial charge is 0.295 e. The number of hydrogen-bond acceptors (Lipinski definition) is 7. The molecular weight excluding hydrogens is 555 g/mol. The van der Waals surface area contributed by atoms with Gasteiger partial charge in [-0.05, 0) is 47.5 Å². The normalized spacial score (nSPS) is 22.1. The Kier molecular flexibility index (Phi) is 5.99.